The van der Waals surface area contributed by atoms with E-state index in [0.29, 0.717) is 14.7 Å². The molecule has 252 valence electrons. The van der Waals surface area contributed by atoms with Crippen molar-refractivity contribution in [1.82, 2.24) is 19.5 Å². The number of nitrogens with two attached hydrogens (primary N) is 1. The lowest BCUT2D eigenvalue weighted by molar-refractivity contribution is -0.169. The maximum atomic E-state index is 13.1. The molecular formula is C30H36IN6O9P. The summed E-state index contributed by atoms with van der Waals surface area (Å²) in [5.74, 6) is -0.254. The van der Waals surface area contributed by atoms with Crippen LogP contribution in [0.15, 0.2) is 41.1 Å². The monoisotopic (exact) mass is 782 g/mol. The number of carbonyl (C=O) groups excluding carboxylic acids is 1. The van der Waals surface area contributed by atoms with E-state index >= 15 is 0 Å². The first-order valence-corrected chi connectivity index (χ1v) is 16.8. The van der Waals surface area contributed by atoms with Crippen LogP contribution < -0.4 is 24.6 Å². The topological polar surface area (TPSA) is 209 Å². The molecule has 1 aliphatic rings. The number of carbonyl (C=O) groups is 1. The van der Waals surface area contributed by atoms with E-state index in [0.717, 1.165) is 5.39 Å². The molecule has 0 spiro atoms. The van der Waals surface area contributed by atoms with Crippen LogP contribution in [0.5, 0.6) is 17.4 Å². The molecule has 4 aromatic rings. The third-order valence-corrected chi connectivity index (χ3v) is 8.97. The van der Waals surface area contributed by atoms with Crippen LogP contribution in [-0.4, -0.2) is 79.9 Å². The van der Waals surface area contributed by atoms with Gasteiger partial charge in [-0.25, -0.2) is 9.78 Å². The van der Waals surface area contributed by atoms with Gasteiger partial charge in [0.25, 0.3) is 0 Å². The van der Waals surface area contributed by atoms with Crippen LogP contribution in [0.25, 0.3) is 21.9 Å². The van der Waals surface area contributed by atoms with Crippen LogP contribution in [-0.2, 0) is 14.3 Å². The van der Waals surface area contributed by atoms with Crippen molar-refractivity contribution in [1.29, 1.82) is 0 Å². The Balaban J connectivity index is 1.39. The van der Waals surface area contributed by atoms with Gasteiger partial charge in [-0.05, 0) is 30.7 Å². The molecule has 1 aliphatic heterocycles. The standard InChI is InChI=1S/C30H36IN6O9P/c1-15(25(39)44-14-29(2,3)4)36-47(41)46-21-17-10-8-7-9-16(17)11-12-18(21)43-13-19-22(38)30(5,40)26(45-19)37-23-20(33-27(37)31)24(42-6)35-28(32)34-23/h7-12,15,19,22,26,38,40H,13-14H2,1-6H3,(H2,32,34,35)/t15-,19-,22-,26-,30-/m1/s1. The minimum absolute atomic E-state index is 0.0740. The van der Waals surface area contributed by atoms with Crippen molar-refractivity contribution in [3.63, 3.8) is 0 Å². The fraction of sp³-hybridized carbons (Fsp3) is 0.467. The van der Waals surface area contributed by atoms with Crippen molar-refractivity contribution in [2.75, 3.05) is 26.1 Å². The number of aliphatic hydroxyl groups excluding tert-OH is 1. The molecule has 0 amide bonds. The fourth-order valence-corrected chi connectivity index (χ4v) is 6.43. The van der Waals surface area contributed by atoms with Crippen molar-refractivity contribution in [2.45, 2.75) is 64.7 Å². The number of hydrogen-bond acceptors (Lipinski definition) is 14. The van der Waals surface area contributed by atoms with Crippen LogP contribution in [0, 0.1) is 9.25 Å². The zero-order chi connectivity index (χ0) is 34.3. The predicted octanol–water partition coefficient (Wildman–Crippen LogP) is 3.48. The van der Waals surface area contributed by atoms with Crippen LogP contribution in [0.3, 0.4) is 0 Å². The van der Waals surface area contributed by atoms with Gasteiger partial charge in [0.2, 0.25) is 17.6 Å². The molecule has 2 aromatic heterocycles. The van der Waals surface area contributed by atoms with E-state index < -0.39 is 44.2 Å². The molecular weight excluding hydrogens is 746 g/mol. The molecule has 47 heavy (non-hydrogen) atoms. The number of benzene rings is 2. The Morgan fingerprint density at radius 2 is 1.98 bits per heavy atom. The Bertz CT molecular complexity index is 1830. The average molecular weight is 783 g/mol. The van der Waals surface area contributed by atoms with E-state index in [-0.39, 0.29) is 47.6 Å². The Morgan fingerprint density at radius 3 is 2.68 bits per heavy atom. The molecule has 0 radical (unpaired) electrons. The number of ether oxygens (including phenoxy) is 4. The van der Waals surface area contributed by atoms with E-state index in [4.69, 9.17) is 29.2 Å². The van der Waals surface area contributed by atoms with E-state index in [2.05, 4.69) is 19.7 Å². The molecule has 17 heteroatoms. The SMILES string of the molecule is COc1nc(N)nc2c1nc(I)n2[C@@H]1O[C@H](COc2ccc3ccccc3c2O[P+]([O-])=N[C@H](C)C(=O)OCC(C)(C)C)[C@@H](O)[C@@]1(C)O. The minimum Gasteiger partial charge on any atom is -0.575 e. The van der Waals surface area contributed by atoms with Crippen molar-refractivity contribution in [2.24, 2.45) is 10.2 Å². The molecule has 1 fully saturated rings. The molecule has 0 aliphatic carbocycles. The first kappa shape index (κ1) is 34.9. The summed E-state index contributed by atoms with van der Waals surface area (Å²) >= 11 is 1.95. The van der Waals surface area contributed by atoms with E-state index in [9.17, 15) is 19.9 Å². The number of halogens is 1. The normalized spacial score (nSPS) is 22.4. The summed E-state index contributed by atoms with van der Waals surface area (Å²) in [5, 5.41) is 24.0. The second-order valence-electron chi connectivity index (χ2n) is 12.4. The molecule has 3 heterocycles. The molecule has 5 rings (SSSR count). The summed E-state index contributed by atoms with van der Waals surface area (Å²) in [7, 11) is -1.31. The van der Waals surface area contributed by atoms with Gasteiger partial charge in [-0.1, -0.05) is 55.8 Å². The first-order chi connectivity index (χ1) is 22.1. The maximum Gasteiger partial charge on any atom is 0.395 e. The number of imidazole rings is 1. The van der Waals surface area contributed by atoms with Gasteiger partial charge < -0.3 is 39.8 Å². The number of methoxy groups -OCH3 is 1. The van der Waals surface area contributed by atoms with Crippen LogP contribution in [0.1, 0.15) is 40.8 Å². The second-order valence-corrected chi connectivity index (χ2v) is 14.3. The molecule has 0 saturated carbocycles. The third-order valence-electron chi connectivity index (χ3n) is 7.34. The van der Waals surface area contributed by atoms with Gasteiger partial charge in [-0.15, -0.1) is 0 Å². The summed E-state index contributed by atoms with van der Waals surface area (Å²) in [5.41, 5.74) is 4.37. The molecule has 0 bridgehead atoms. The number of aliphatic hydroxyl groups is 2. The third kappa shape index (κ3) is 7.37. The number of aromatic nitrogens is 4. The highest BCUT2D eigenvalue weighted by molar-refractivity contribution is 14.1. The molecule has 4 N–H and O–H groups in total. The largest absolute Gasteiger partial charge is 0.575 e. The van der Waals surface area contributed by atoms with E-state index in [1.165, 1.54) is 25.5 Å². The van der Waals surface area contributed by atoms with E-state index in [1.807, 2.05) is 55.5 Å². The first-order valence-electron chi connectivity index (χ1n) is 14.6. The van der Waals surface area contributed by atoms with Gasteiger partial charge in [0.05, 0.1) is 13.7 Å². The molecule has 1 saturated heterocycles. The second kappa shape index (κ2) is 13.6. The zero-order valence-corrected chi connectivity index (χ0v) is 29.6. The Kier molecular flexibility index (Phi) is 10.1. The lowest BCUT2D eigenvalue weighted by Gasteiger charge is -2.27. The maximum absolute atomic E-state index is 13.1. The minimum atomic E-state index is -2.73. The number of esters is 1. The lowest BCUT2D eigenvalue weighted by Crippen LogP contribution is -2.45. The van der Waals surface area contributed by atoms with Gasteiger partial charge in [0.15, 0.2) is 33.0 Å². The number of hydrogen-bond donors (Lipinski definition) is 3. The summed E-state index contributed by atoms with van der Waals surface area (Å²) < 4.78 is 34.5. The Labute approximate surface area is 285 Å². The Hall–Kier alpha value is -3.41. The van der Waals surface area contributed by atoms with Crippen molar-refractivity contribution < 1.29 is 43.4 Å². The van der Waals surface area contributed by atoms with Crippen molar-refractivity contribution in [3.8, 4) is 17.4 Å². The van der Waals surface area contributed by atoms with Crippen molar-refractivity contribution in [3.05, 3.63) is 40.2 Å². The van der Waals surface area contributed by atoms with Gasteiger partial charge in [-0.3, -0.25) is 9.09 Å². The summed E-state index contributed by atoms with van der Waals surface area (Å²) in [6.45, 7) is 8.62. The van der Waals surface area contributed by atoms with Crippen molar-refractivity contribution >= 4 is 64.6 Å². The number of nitrogen functional groups attached to an aromatic ring is 1. The predicted molar refractivity (Wildman–Crippen MR) is 179 cm³/mol. The number of fused-ring (bicyclic) bond motifs is 2. The number of nitrogens with zero attached hydrogens (tertiary/aromatic N) is 5. The highest BCUT2D eigenvalue weighted by Crippen LogP contribution is 2.43. The number of rotatable bonds is 10. The van der Waals surface area contributed by atoms with Gasteiger partial charge in [0, 0.05) is 28.0 Å². The molecule has 2 aromatic carbocycles. The van der Waals surface area contributed by atoms with E-state index in [1.54, 1.807) is 24.3 Å². The zero-order valence-electron chi connectivity index (χ0n) is 26.6. The quantitative estimate of drug-likeness (QED) is 0.0913. The van der Waals surface area contributed by atoms with Gasteiger partial charge in [0.1, 0.15) is 24.4 Å². The molecule has 1 unspecified atom stereocenters. The van der Waals surface area contributed by atoms with Crippen LogP contribution in [0.4, 0.5) is 5.95 Å². The molecule has 15 nitrogen and oxygen atoms in total. The van der Waals surface area contributed by atoms with Crippen LogP contribution in [0.2, 0.25) is 0 Å². The number of anilines is 1. The Morgan fingerprint density at radius 1 is 1.26 bits per heavy atom. The van der Waals surface area contributed by atoms with Crippen LogP contribution >= 0.6 is 30.8 Å². The highest BCUT2D eigenvalue weighted by atomic mass is 127. The summed E-state index contributed by atoms with van der Waals surface area (Å²) in [6.07, 6.45) is -3.61. The lowest BCUT2D eigenvalue weighted by atomic mass is 9.96. The fourth-order valence-electron chi connectivity index (χ4n) is 4.94. The summed E-state index contributed by atoms with van der Waals surface area (Å²) in [4.78, 5) is 38.3. The van der Waals surface area contributed by atoms with Gasteiger partial charge >= 0.3 is 14.1 Å². The average Bonchev–Trinajstić information content (AvgIpc) is 3.44. The smallest absolute Gasteiger partial charge is 0.395 e. The van der Waals surface area contributed by atoms with Gasteiger partial charge in [-0.2, -0.15) is 9.97 Å². The highest BCUT2D eigenvalue weighted by Gasteiger charge is 2.54. The molecule has 6 atom stereocenters. The summed E-state index contributed by atoms with van der Waals surface area (Å²) in [6, 6.07) is 9.60.